The van der Waals surface area contributed by atoms with Gasteiger partial charge in [-0.05, 0) is 166 Å². The van der Waals surface area contributed by atoms with E-state index < -0.39 is 0 Å². The second-order valence-corrected chi connectivity index (χ2v) is 16.9. The molecule has 2 nitrogen and oxygen atoms in total. The second-order valence-electron chi connectivity index (χ2n) is 16.9. The van der Waals surface area contributed by atoms with Crippen LogP contribution in [0.3, 0.4) is 0 Å². The van der Waals surface area contributed by atoms with E-state index in [1.807, 2.05) is 0 Å². The molecule has 0 fully saturated rings. The molecule has 8 aromatic rings. The summed E-state index contributed by atoms with van der Waals surface area (Å²) in [4.78, 5) is 2.41. The van der Waals surface area contributed by atoms with Crippen LogP contribution >= 0.6 is 0 Å². The topological polar surface area (TPSA) is 8.17 Å². The number of fused-ring (bicyclic) bond motifs is 6. The molecule has 1 aromatic heterocycles. The molecule has 1 aliphatic rings. The maximum atomic E-state index is 2.51. The monoisotopic (exact) mass is 714 g/mol. The van der Waals surface area contributed by atoms with Crippen LogP contribution < -0.4 is 4.90 Å². The molecular weight excluding hydrogens is 665 g/mol. The zero-order valence-corrected chi connectivity index (χ0v) is 33.9. The Morgan fingerprint density at radius 2 is 1.00 bits per heavy atom. The minimum absolute atomic E-state index is 0.0890. The number of hydrogen-bond donors (Lipinski definition) is 0. The average molecular weight is 715 g/mol. The molecule has 0 atom stereocenters. The van der Waals surface area contributed by atoms with E-state index in [-0.39, 0.29) is 5.41 Å². The number of benzene rings is 7. The molecule has 0 unspecified atom stereocenters. The largest absolute Gasteiger partial charge is 0.310 e. The molecule has 0 radical (unpaired) electrons. The summed E-state index contributed by atoms with van der Waals surface area (Å²) in [5, 5.41) is 2.58. The van der Waals surface area contributed by atoms with Crippen LogP contribution in [0.4, 0.5) is 17.1 Å². The van der Waals surface area contributed by atoms with Gasteiger partial charge < -0.3 is 9.47 Å². The standard InChI is InChI=1S/C53H50N2/c1-31-11-19-47(35(5)23-31)54(48-20-12-32(2)24-36(48)6)41-17-14-39(15-18-41)40-16-22-50-42(28-40)43-29-44-45(53(9,10)46-27-34(4)26-38(8)52(44)46)30-51(43)55(50)49-21-13-33(3)25-37(49)7/h11-30H,1-10H3. The smallest absolute Gasteiger partial charge is 0.0544 e. The molecule has 0 spiro atoms. The molecule has 0 N–H and O–H groups in total. The van der Waals surface area contributed by atoms with Gasteiger partial charge in [-0.25, -0.2) is 0 Å². The highest BCUT2D eigenvalue weighted by molar-refractivity contribution is 6.13. The van der Waals surface area contributed by atoms with E-state index in [0.717, 1.165) is 5.69 Å². The van der Waals surface area contributed by atoms with Crippen LogP contribution in [0.5, 0.6) is 0 Å². The zero-order chi connectivity index (χ0) is 38.5. The van der Waals surface area contributed by atoms with E-state index in [1.54, 1.807) is 0 Å². The molecule has 0 amide bonds. The number of aryl methyl sites for hydroxylation is 8. The highest BCUT2D eigenvalue weighted by Crippen LogP contribution is 2.53. The molecule has 1 aliphatic carbocycles. The van der Waals surface area contributed by atoms with Crippen LogP contribution in [0.1, 0.15) is 69.5 Å². The fourth-order valence-corrected chi connectivity index (χ4v) is 9.57. The molecule has 9 rings (SSSR count). The molecule has 2 heteroatoms. The molecule has 7 aromatic carbocycles. The van der Waals surface area contributed by atoms with Crippen LogP contribution in [0.25, 0.3) is 49.7 Å². The van der Waals surface area contributed by atoms with Gasteiger partial charge in [0.25, 0.3) is 0 Å². The Kier molecular flexibility index (Phi) is 7.99. The van der Waals surface area contributed by atoms with Crippen molar-refractivity contribution in [3.05, 3.63) is 177 Å². The SMILES string of the molecule is Cc1ccc(N(c2ccc(-c3ccc4c(c3)c3cc5c(cc3n4-c3ccc(C)cc3C)C(C)(C)c3cc(C)cc(C)c3-5)cc2)c2ccc(C)cc2C)c(C)c1. The van der Waals surface area contributed by atoms with Crippen LogP contribution in [-0.4, -0.2) is 4.57 Å². The fourth-order valence-electron chi connectivity index (χ4n) is 9.57. The first-order chi connectivity index (χ1) is 26.3. The van der Waals surface area contributed by atoms with Gasteiger partial charge in [0.1, 0.15) is 0 Å². The van der Waals surface area contributed by atoms with E-state index in [2.05, 4.69) is 200 Å². The summed E-state index contributed by atoms with van der Waals surface area (Å²) in [6.07, 6.45) is 0. The normalized spacial score (nSPS) is 13.1. The number of aromatic nitrogens is 1. The summed E-state index contributed by atoms with van der Waals surface area (Å²) in [5.74, 6) is 0. The minimum atomic E-state index is -0.0890. The molecule has 0 saturated heterocycles. The second kappa shape index (κ2) is 12.6. The molecule has 1 heterocycles. The third-order valence-electron chi connectivity index (χ3n) is 12.2. The van der Waals surface area contributed by atoms with E-state index in [4.69, 9.17) is 0 Å². The Hall–Kier alpha value is -5.86. The number of rotatable bonds is 5. The van der Waals surface area contributed by atoms with Gasteiger partial charge in [0.2, 0.25) is 0 Å². The third-order valence-corrected chi connectivity index (χ3v) is 12.2. The number of nitrogens with zero attached hydrogens (tertiary/aromatic N) is 2. The first-order valence-electron chi connectivity index (χ1n) is 19.7. The van der Waals surface area contributed by atoms with Gasteiger partial charge in [0, 0.05) is 38.9 Å². The predicted molar refractivity (Wildman–Crippen MR) is 236 cm³/mol. The Morgan fingerprint density at radius 3 is 1.62 bits per heavy atom. The third kappa shape index (κ3) is 5.53. The van der Waals surface area contributed by atoms with Crippen molar-refractivity contribution in [3.8, 4) is 27.9 Å². The zero-order valence-electron chi connectivity index (χ0n) is 33.9. The lowest BCUT2D eigenvalue weighted by molar-refractivity contribution is 0.660. The van der Waals surface area contributed by atoms with Crippen LogP contribution in [-0.2, 0) is 5.41 Å². The Balaban J connectivity index is 1.23. The van der Waals surface area contributed by atoms with Crippen molar-refractivity contribution < 1.29 is 0 Å². The van der Waals surface area contributed by atoms with Crippen molar-refractivity contribution in [1.82, 2.24) is 4.57 Å². The Bertz CT molecular complexity index is 2810. The molecule has 55 heavy (non-hydrogen) atoms. The van der Waals surface area contributed by atoms with Crippen LogP contribution in [0.15, 0.2) is 121 Å². The quantitative estimate of drug-likeness (QED) is 0.172. The predicted octanol–water partition coefficient (Wildman–Crippen LogP) is 14.7. The van der Waals surface area contributed by atoms with Gasteiger partial charge >= 0.3 is 0 Å². The van der Waals surface area contributed by atoms with Crippen molar-refractivity contribution in [2.24, 2.45) is 0 Å². The van der Waals surface area contributed by atoms with E-state index in [9.17, 15) is 0 Å². The first kappa shape index (κ1) is 34.9. The highest BCUT2D eigenvalue weighted by atomic mass is 15.1. The number of hydrogen-bond acceptors (Lipinski definition) is 1. The summed E-state index contributed by atoms with van der Waals surface area (Å²) < 4.78 is 2.51. The minimum Gasteiger partial charge on any atom is -0.310 e. The lowest BCUT2D eigenvalue weighted by Gasteiger charge is -2.29. The van der Waals surface area contributed by atoms with E-state index in [1.165, 1.54) is 117 Å². The average Bonchev–Trinajstić information content (AvgIpc) is 3.56. The molecular formula is C53H50N2. The summed E-state index contributed by atoms with van der Waals surface area (Å²) in [5.41, 5.74) is 25.6. The lowest BCUT2D eigenvalue weighted by atomic mass is 9.81. The molecule has 0 aliphatic heterocycles. The van der Waals surface area contributed by atoms with Gasteiger partial charge in [-0.2, -0.15) is 0 Å². The fraction of sp³-hybridized carbons (Fsp3) is 0.208. The maximum absolute atomic E-state index is 2.51. The van der Waals surface area contributed by atoms with Crippen LogP contribution in [0.2, 0.25) is 0 Å². The first-order valence-corrected chi connectivity index (χ1v) is 19.7. The van der Waals surface area contributed by atoms with Gasteiger partial charge in [-0.15, -0.1) is 0 Å². The summed E-state index contributed by atoms with van der Waals surface area (Å²) in [6, 6.07) is 46.4. The van der Waals surface area contributed by atoms with Crippen LogP contribution in [0, 0.1) is 55.4 Å². The van der Waals surface area contributed by atoms with Crippen molar-refractivity contribution in [3.63, 3.8) is 0 Å². The van der Waals surface area contributed by atoms with Crippen molar-refractivity contribution in [1.29, 1.82) is 0 Å². The summed E-state index contributed by atoms with van der Waals surface area (Å²) in [6.45, 7) is 22.5. The van der Waals surface area contributed by atoms with Gasteiger partial charge in [0.15, 0.2) is 0 Å². The Labute approximate surface area is 326 Å². The number of anilines is 3. The molecule has 0 saturated carbocycles. The van der Waals surface area contributed by atoms with E-state index >= 15 is 0 Å². The Morgan fingerprint density at radius 1 is 0.436 bits per heavy atom. The summed E-state index contributed by atoms with van der Waals surface area (Å²) in [7, 11) is 0. The van der Waals surface area contributed by atoms with Crippen molar-refractivity contribution in [2.75, 3.05) is 4.90 Å². The molecule has 0 bridgehead atoms. The van der Waals surface area contributed by atoms with Crippen molar-refractivity contribution >= 4 is 38.9 Å². The van der Waals surface area contributed by atoms with E-state index in [0.29, 0.717) is 0 Å². The molecule has 272 valence electrons. The maximum Gasteiger partial charge on any atom is 0.0544 e. The van der Waals surface area contributed by atoms with Crippen molar-refractivity contribution in [2.45, 2.75) is 74.7 Å². The van der Waals surface area contributed by atoms with Gasteiger partial charge in [-0.3, -0.25) is 0 Å². The van der Waals surface area contributed by atoms with Gasteiger partial charge in [-0.1, -0.05) is 103 Å². The van der Waals surface area contributed by atoms with Gasteiger partial charge in [0.05, 0.1) is 11.0 Å². The summed E-state index contributed by atoms with van der Waals surface area (Å²) >= 11 is 0. The lowest BCUT2D eigenvalue weighted by Crippen LogP contribution is -2.15. The highest BCUT2D eigenvalue weighted by Gasteiger charge is 2.37.